The van der Waals surface area contributed by atoms with Crippen LogP contribution in [0.15, 0.2) is 30.7 Å². The average molecular weight is 330 g/mol. The fourth-order valence-electron chi connectivity index (χ4n) is 2.68. The van der Waals surface area contributed by atoms with Crippen molar-refractivity contribution in [3.63, 3.8) is 0 Å². The van der Waals surface area contributed by atoms with E-state index in [9.17, 15) is 4.79 Å². The van der Waals surface area contributed by atoms with Crippen LogP contribution in [0.4, 0.5) is 0 Å². The molecule has 1 aliphatic rings. The van der Waals surface area contributed by atoms with Crippen molar-refractivity contribution in [3.05, 3.63) is 46.2 Å². The molecular weight excluding hydrogens is 308 g/mol. The molecule has 0 spiro atoms. The SMILES string of the molecule is CC(C)(C)c1ncc(C(=O)N2CCNCC2c2cccnc2)s1. The molecule has 3 rings (SSSR count). The van der Waals surface area contributed by atoms with Crippen molar-refractivity contribution in [1.82, 2.24) is 20.2 Å². The third kappa shape index (κ3) is 3.43. The third-order valence-corrected chi connectivity index (χ3v) is 5.34. The molecule has 3 heterocycles. The second-order valence-corrected chi connectivity index (χ2v) is 7.82. The summed E-state index contributed by atoms with van der Waals surface area (Å²) in [5.41, 5.74) is 1.03. The molecule has 122 valence electrons. The Morgan fingerprint density at radius 3 is 2.87 bits per heavy atom. The van der Waals surface area contributed by atoms with Gasteiger partial charge in [-0.2, -0.15) is 0 Å². The first-order chi connectivity index (χ1) is 11.0. The van der Waals surface area contributed by atoms with Gasteiger partial charge in [0, 0.05) is 37.4 Å². The number of pyridine rings is 1. The largest absolute Gasteiger partial charge is 0.328 e. The van der Waals surface area contributed by atoms with Gasteiger partial charge in [-0.1, -0.05) is 26.8 Å². The highest BCUT2D eigenvalue weighted by Gasteiger charge is 2.30. The number of rotatable bonds is 2. The first-order valence-corrected chi connectivity index (χ1v) is 8.66. The zero-order valence-electron chi connectivity index (χ0n) is 13.7. The van der Waals surface area contributed by atoms with E-state index in [1.807, 2.05) is 23.2 Å². The quantitative estimate of drug-likeness (QED) is 0.919. The fraction of sp³-hybridized carbons (Fsp3) is 0.471. The van der Waals surface area contributed by atoms with E-state index >= 15 is 0 Å². The molecule has 1 atom stereocenters. The van der Waals surface area contributed by atoms with E-state index in [1.54, 1.807) is 12.4 Å². The molecule has 0 saturated carbocycles. The summed E-state index contributed by atoms with van der Waals surface area (Å²) in [7, 11) is 0. The Kier molecular flexibility index (Phi) is 4.46. The number of carbonyl (C=O) groups is 1. The number of piperazine rings is 1. The molecule has 0 aromatic carbocycles. The van der Waals surface area contributed by atoms with E-state index in [-0.39, 0.29) is 17.4 Å². The lowest BCUT2D eigenvalue weighted by Gasteiger charge is -2.36. The topological polar surface area (TPSA) is 58.1 Å². The van der Waals surface area contributed by atoms with Gasteiger partial charge < -0.3 is 10.2 Å². The first-order valence-electron chi connectivity index (χ1n) is 7.85. The molecule has 1 unspecified atom stereocenters. The van der Waals surface area contributed by atoms with Crippen molar-refractivity contribution in [3.8, 4) is 0 Å². The third-order valence-electron chi connectivity index (χ3n) is 3.93. The van der Waals surface area contributed by atoms with Gasteiger partial charge in [-0.15, -0.1) is 11.3 Å². The molecular formula is C17H22N4OS. The number of nitrogens with zero attached hydrogens (tertiary/aromatic N) is 3. The Hall–Kier alpha value is -1.79. The van der Waals surface area contributed by atoms with Crippen LogP contribution in [-0.2, 0) is 5.41 Å². The summed E-state index contributed by atoms with van der Waals surface area (Å²) in [4.78, 5) is 24.3. The molecule has 23 heavy (non-hydrogen) atoms. The Bertz CT molecular complexity index is 677. The van der Waals surface area contributed by atoms with Crippen LogP contribution in [0, 0.1) is 0 Å². The Balaban J connectivity index is 1.86. The first kappa shape index (κ1) is 16.1. The summed E-state index contributed by atoms with van der Waals surface area (Å²) in [6.45, 7) is 8.60. The molecule has 5 nitrogen and oxygen atoms in total. The Labute approximate surface area is 140 Å². The summed E-state index contributed by atoms with van der Waals surface area (Å²) in [5, 5.41) is 4.36. The second-order valence-electron chi connectivity index (χ2n) is 6.78. The lowest BCUT2D eigenvalue weighted by Crippen LogP contribution is -2.48. The molecule has 1 saturated heterocycles. The van der Waals surface area contributed by atoms with Crippen molar-refractivity contribution >= 4 is 17.2 Å². The maximum Gasteiger partial charge on any atom is 0.266 e. The minimum atomic E-state index is -0.0323. The summed E-state index contributed by atoms with van der Waals surface area (Å²) in [6.07, 6.45) is 5.31. The van der Waals surface area contributed by atoms with Crippen LogP contribution in [0.25, 0.3) is 0 Å². The Morgan fingerprint density at radius 2 is 2.22 bits per heavy atom. The lowest BCUT2D eigenvalue weighted by atomic mass is 9.98. The molecule has 1 fully saturated rings. The van der Waals surface area contributed by atoms with E-state index in [4.69, 9.17) is 0 Å². The number of thiazole rings is 1. The van der Waals surface area contributed by atoms with E-state index in [0.717, 1.165) is 23.7 Å². The summed E-state index contributed by atoms with van der Waals surface area (Å²) >= 11 is 1.50. The van der Waals surface area contributed by atoms with Crippen molar-refractivity contribution in [2.24, 2.45) is 0 Å². The summed E-state index contributed by atoms with van der Waals surface area (Å²) in [6, 6.07) is 3.96. The molecule has 1 N–H and O–H groups in total. The lowest BCUT2D eigenvalue weighted by molar-refractivity contribution is 0.0639. The highest BCUT2D eigenvalue weighted by molar-refractivity contribution is 7.13. The number of nitrogens with one attached hydrogen (secondary N) is 1. The van der Waals surface area contributed by atoms with Gasteiger partial charge in [0.05, 0.1) is 17.2 Å². The predicted molar refractivity (Wildman–Crippen MR) is 91.7 cm³/mol. The second kappa shape index (κ2) is 6.37. The Morgan fingerprint density at radius 1 is 1.39 bits per heavy atom. The number of amides is 1. The molecule has 2 aromatic heterocycles. The maximum atomic E-state index is 13.0. The fourth-order valence-corrected chi connectivity index (χ4v) is 3.61. The molecule has 0 bridgehead atoms. The zero-order chi connectivity index (χ0) is 16.4. The molecule has 0 radical (unpaired) electrons. The van der Waals surface area contributed by atoms with Gasteiger partial charge in [-0.05, 0) is 11.6 Å². The smallest absolute Gasteiger partial charge is 0.266 e. The van der Waals surface area contributed by atoms with Gasteiger partial charge >= 0.3 is 0 Å². The zero-order valence-corrected chi connectivity index (χ0v) is 14.6. The van der Waals surface area contributed by atoms with E-state index in [0.29, 0.717) is 11.4 Å². The highest BCUT2D eigenvalue weighted by atomic mass is 32.1. The van der Waals surface area contributed by atoms with E-state index in [2.05, 4.69) is 36.1 Å². The van der Waals surface area contributed by atoms with Crippen molar-refractivity contribution in [2.75, 3.05) is 19.6 Å². The summed E-state index contributed by atoms with van der Waals surface area (Å²) in [5.74, 6) is 0.0633. The normalized spacial score (nSPS) is 18.9. The number of carbonyl (C=O) groups excluding carboxylic acids is 1. The van der Waals surface area contributed by atoms with Gasteiger partial charge in [-0.25, -0.2) is 4.98 Å². The number of hydrogen-bond donors (Lipinski definition) is 1. The van der Waals surface area contributed by atoms with Crippen molar-refractivity contribution in [1.29, 1.82) is 0 Å². The van der Waals surface area contributed by atoms with Gasteiger partial charge in [0.15, 0.2) is 0 Å². The van der Waals surface area contributed by atoms with Gasteiger partial charge in [0.1, 0.15) is 4.88 Å². The molecule has 1 aliphatic heterocycles. The van der Waals surface area contributed by atoms with Crippen LogP contribution in [0.2, 0.25) is 0 Å². The molecule has 6 heteroatoms. The number of hydrogen-bond acceptors (Lipinski definition) is 5. The van der Waals surface area contributed by atoms with Gasteiger partial charge in [0.2, 0.25) is 0 Å². The van der Waals surface area contributed by atoms with Gasteiger partial charge in [-0.3, -0.25) is 9.78 Å². The van der Waals surface area contributed by atoms with Crippen LogP contribution >= 0.6 is 11.3 Å². The van der Waals surface area contributed by atoms with E-state index in [1.165, 1.54) is 11.3 Å². The number of aromatic nitrogens is 2. The van der Waals surface area contributed by atoms with Gasteiger partial charge in [0.25, 0.3) is 5.91 Å². The minimum Gasteiger partial charge on any atom is -0.328 e. The molecule has 0 aliphatic carbocycles. The monoisotopic (exact) mass is 330 g/mol. The molecule has 1 amide bonds. The van der Waals surface area contributed by atoms with Crippen molar-refractivity contribution < 1.29 is 4.79 Å². The highest BCUT2D eigenvalue weighted by Crippen LogP contribution is 2.30. The van der Waals surface area contributed by atoms with E-state index < -0.39 is 0 Å². The standard InChI is InChI=1S/C17H22N4OS/c1-17(2,3)16-20-11-14(23-16)15(22)21-8-7-19-10-13(21)12-5-4-6-18-9-12/h4-6,9,11,13,19H,7-8,10H2,1-3H3. The van der Waals surface area contributed by atoms with Crippen LogP contribution in [0.1, 0.15) is 47.1 Å². The minimum absolute atomic E-state index is 0.0186. The maximum absolute atomic E-state index is 13.0. The van der Waals surface area contributed by atoms with Crippen molar-refractivity contribution in [2.45, 2.75) is 32.2 Å². The summed E-state index contributed by atoms with van der Waals surface area (Å²) < 4.78 is 0. The van der Waals surface area contributed by atoms with Crippen LogP contribution in [0.5, 0.6) is 0 Å². The average Bonchev–Trinajstić information content (AvgIpc) is 3.05. The van der Waals surface area contributed by atoms with Crippen LogP contribution in [0.3, 0.4) is 0 Å². The van der Waals surface area contributed by atoms with Crippen LogP contribution < -0.4 is 5.32 Å². The predicted octanol–water partition coefficient (Wildman–Crippen LogP) is 2.62. The van der Waals surface area contributed by atoms with Crippen LogP contribution in [-0.4, -0.2) is 40.4 Å². The molecule has 2 aromatic rings.